The first-order valence-electron chi connectivity index (χ1n) is 6.13. The van der Waals surface area contributed by atoms with Crippen molar-refractivity contribution in [3.05, 3.63) is 22.4 Å². The van der Waals surface area contributed by atoms with E-state index in [4.69, 9.17) is 5.73 Å². The van der Waals surface area contributed by atoms with Crippen LogP contribution >= 0.6 is 11.3 Å². The summed E-state index contributed by atoms with van der Waals surface area (Å²) in [5.74, 6) is -1.71. The van der Waals surface area contributed by atoms with Gasteiger partial charge in [-0.2, -0.15) is 0 Å². The maximum absolute atomic E-state index is 12.1. The Morgan fingerprint density at radius 2 is 2.25 bits per heavy atom. The molecule has 0 aromatic carbocycles. The molecule has 1 fully saturated rings. The van der Waals surface area contributed by atoms with Gasteiger partial charge in [-0.3, -0.25) is 4.79 Å². The molecule has 1 aromatic rings. The molecule has 2 heterocycles. The van der Waals surface area contributed by atoms with Crippen LogP contribution in [-0.2, 0) is 9.59 Å². The zero-order valence-electron chi connectivity index (χ0n) is 10.6. The zero-order valence-corrected chi connectivity index (χ0v) is 11.4. The lowest BCUT2D eigenvalue weighted by Crippen LogP contribution is -2.49. The molecule has 4 N–H and O–H groups in total. The van der Waals surface area contributed by atoms with Gasteiger partial charge in [0.15, 0.2) is 6.04 Å². The van der Waals surface area contributed by atoms with Crippen molar-refractivity contribution in [1.82, 2.24) is 10.2 Å². The number of carboxylic acid groups (broad SMARTS) is 1. The fourth-order valence-corrected chi connectivity index (χ4v) is 2.99. The highest BCUT2D eigenvalue weighted by molar-refractivity contribution is 7.10. The lowest BCUT2D eigenvalue weighted by Gasteiger charge is -2.24. The molecule has 1 aliphatic rings. The van der Waals surface area contributed by atoms with Gasteiger partial charge < -0.3 is 21.1 Å². The van der Waals surface area contributed by atoms with E-state index >= 15 is 0 Å². The summed E-state index contributed by atoms with van der Waals surface area (Å²) in [5.41, 5.74) is 5.24. The first-order valence-corrected chi connectivity index (χ1v) is 7.01. The van der Waals surface area contributed by atoms with Gasteiger partial charge in [-0.15, -0.1) is 11.3 Å². The number of urea groups is 1. The van der Waals surface area contributed by atoms with E-state index in [0.29, 0.717) is 24.3 Å². The molecule has 108 valence electrons. The molecule has 0 bridgehead atoms. The molecule has 20 heavy (non-hydrogen) atoms. The number of rotatable bonds is 4. The number of carboxylic acids is 1. The number of amides is 3. The Morgan fingerprint density at radius 3 is 2.80 bits per heavy atom. The Kier molecular flexibility index (Phi) is 4.23. The smallest absolute Gasteiger partial charge is 0.331 e. The van der Waals surface area contributed by atoms with Crippen LogP contribution in [0.1, 0.15) is 23.8 Å². The van der Waals surface area contributed by atoms with E-state index < -0.39 is 30.0 Å². The van der Waals surface area contributed by atoms with E-state index in [0.717, 1.165) is 0 Å². The van der Waals surface area contributed by atoms with Crippen LogP contribution in [0.5, 0.6) is 0 Å². The minimum absolute atomic E-state index is 0.399. The third-order valence-corrected chi connectivity index (χ3v) is 4.12. The van der Waals surface area contributed by atoms with Gasteiger partial charge in [-0.05, 0) is 24.3 Å². The molecular weight excluding hydrogens is 282 g/mol. The second-order valence-electron chi connectivity index (χ2n) is 4.49. The number of nitrogens with zero attached hydrogens (tertiary/aromatic N) is 1. The molecule has 3 amide bonds. The largest absolute Gasteiger partial charge is 0.479 e. The minimum Gasteiger partial charge on any atom is -0.479 e. The third kappa shape index (κ3) is 2.90. The predicted octanol–water partition coefficient (Wildman–Crippen LogP) is 0.533. The molecule has 2 unspecified atom stereocenters. The summed E-state index contributed by atoms with van der Waals surface area (Å²) in [6.45, 7) is 0.399. The van der Waals surface area contributed by atoms with Crippen LogP contribution in [-0.4, -0.2) is 40.5 Å². The van der Waals surface area contributed by atoms with Gasteiger partial charge in [-0.1, -0.05) is 6.07 Å². The number of carbonyl (C=O) groups excluding carboxylic acids is 2. The van der Waals surface area contributed by atoms with Crippen LogP contribution in [0.3, 0.4) is 0 Å². The van der Waals surface area contributed by atoms with E-state index in [9.17, 15) is 19.5 Å². The Balaban J connectivity index is 2.09. The van der Waals surface area contributed by atoms with E-state index in [1.165, 1.54) is 16.2 Å². The van der Waals surface area contributed by atoms with E-state index in [-0.39, 0.29) is 0 Å². The number of nitrogens with one attached hydrogen (secondary N) is 1. The Labute approximate surface area is 119 Å². The molecule has 2 rings (SSSR count). The van der Waals surface area contributed by atoms with Gasteiger partial charge in [0.2, 0.25) is 5.91 Å². The number of nitrogens with two attached hydrogens (primary N) is 1. The van der Waals surface area contributed by atoms with Crippen LogP contribution in [0.2, 0.25) is 0 Å². The first-order chi connectivity index (χ1) is 9.50. The second-order valence-corrected chi connectivity index (χ2v) is 5.47. The standard InChI is InChI=1S/C12H15N3O4S/c13-10(16)7-3-1-5-15(7)12(19)14-9(11(17)18)8-4-2-6-20-8/h2,4,6-7,9H,1,3,5H2,(H2,13,16)(H,14,19)(H,17,18). The molecule has 7 nitrogen and oxygen atoms in total. The molecule has 0 aliphatic carbocycles. The monoisotopic (exact) mass is 297 g/mol. The summed E-state index contributed by atoms with van der Waals surface area (Å²) in [6.07, 6.45) is 1.19. The molecule has 0 saturated carbocycles. The Hall–Kier alpha value is -2.09. The van der Waals surface area contributed by atoms with Crippen molar-refractivity contribution in [2.45, 2.75) is 24.9 Å². The zero-order chi connectivity index (χ0) is 14.7. The number of likely N-dealkylation sites (tertiary alicyclic amines) is 1. The molecular formula is C12H15N3O4S. The minimum atomic E-state index is -1.14. The lowest BCUT2D eigenvalue weighted by atomic mass is 10.2. The van der Waals surface area contributed by atoms with E-state index in [1.54, 1.807) is 17.5 Å². The fourth-order valence-electron chi connectivity index (χ4n) is 2.22. The highest BCUT2D eigenvalue weighted by Crippen LogP contribution is 2.22. The van der Waals surface area contributed by atoms with Crippen LogP contribution in [0, 0.1) is 0 Å². The normalized spacial score (nSPS) is 19.6. The van der Waals surface area contributed by atoms with Crippen molar-refractivity contribution in [3.8, 4) is 0 Å². The maximum atomic E-state index is 12.1. The van der Waals surface area contributed by atoms with E-state index in [2.05, 4.69) is 5.32 Å². The highest BCUT2D eigenvalue weighted by atomic mass is 32.1. The van der Waals surface area contributed by atoms with E-state index in [1.807, 2.05) is 0 Å². The van der Waals surface area contributed by atoms with Crippen molar-refractivity contribution in [2.24, 2.45) is 5.73 Å². The van der Waals surface area contributed by atoms with Crippen LogP contribution < -0.4 is 11.1 Å². The van der Waals surface area contributed by atoms with Gasteiger partial charge in [0.05, 0.1) is 0 Å². The van der Waals surface area contributed by atoms with Gasteiger partial charge in [-0.25, -0.2) is 9.59 Å². The average Bonchev–Trinajstić information content (AvgIpc) is 3.05. The number of aliphatic carboxylic acids is 1. The molecule has 0 spiro atoms. The van der Waals surface area contributed by atoms with Gasteiger partial charge >= 0.3 is 12.0 Å². The average molecular weight is 297 g/mol. The summed E-state index contributed by atoms with van der Waals surface area (Å²) in [7, 11) is 0. The molecule has 8 heteroatoms. The summed E-state index contributed by atoms with van der Waals surface area (Å²) >= 11 is 1.25. The summed E-state index contributed by atoms with van der Waals surface area (Å²) in [5, 5.41) is 13.4. The first kappa shape index (κ1) is 14.3. The Bertz CT molecular complexity index is 517. The second kappa shape index (κ2) is 5.91. The topological polar surface area (TPSA) is 113 Å². The van der Waals surface area contributed by atoms with Crippen LogP contribution in [0.25, 0.3) is 0 Å². The summed E-state index contributed by atoms with van der Waals surface area (Å²) in [6, 6.07) is 1.00. The predicted molar refractivity (Wildman–Crippen MR) is 72.1 cm³/mol. The fraction of sp³-hybridized carbons (Fsp3) is 0.417. The van der Waals surface area contributed by atoms with Gasteiger partial charge in [0, 0.05) is 11.4 Å². The summed E-state index contributed by atoms with van der Waals surface area (Å²) < 4.78 is 0. The van der Waals surface area contributed by atoms with Crippen molar-refractivity contribution in [2.75, 3.05) is 6.54 Å². The van der Waals surface area contributed by atoms with Gasteiger partial charge in [0.25, 0.3) is 0 Å². The molecule has 1 aliphatic heterocycles. The van der Waals surface area contributed by atoms with Crippen molar-refractivity contribution in [3.63, 3.8) is 0 Å². The van der Waals surface area contributed by atoms with Crippen LogP contribution in [0.4, 0.5) is 4.79 Å². The summed E-state index contributed by atoms with van der Waals surface area (Å²) in [4.78, 5) is 36.4. The van der Waals surface area contributed by atoms with Crippen molar-refractivity contribution >= 4 is 29.2 Å². The molecule has 2 atom stereocenters. The quantitative estimate of drug-likeness (QED) is 0.752. The number of carbonyl (C=O) groups is 3. The number of hydrogen-bond donors (Lipinski definition) is 3. The lowest BCUT2D eigenvalue weighted by molar-refractivity contribution is -0.139. The third-order valence-electron chi connectivity index (χ3n) is 3.18. The van der Waals surface area contributed by atoms with Gasteiger partial charge in [0.1, 0.15) is 6.04 Å². The number of hydrogen-bond acceptors (Lipinski definition) is 4. The molecule has 0 radical (unpaired) electrons. The SMILES string of the molecule is NC(=O)C1CCCN1C(=O)NC(C(=O)O)c1cccs1. The molecule has 1 saturated heterocycles. The highest BCUT2D eigenvalue weighted by Gasteiger charge is 2.34. The van der Waals surface area contributed by atoms with Crippen LogP contribution in [0.15, 0.2) is 17.5 Å². The maximum Gasteiger partial charge on any atom is 0.331 e. The van der Waals surface area contributed by atoms with Crippen molar-refractivity contribution in [1.29, 1.82) is 0 Å². The Morgan fingerprint density at radius 1 is 1.50 bits per heavy atom. The van der Waals surface area contributed by atoms with Crippen molar-refractivity contribution < 1.29 is 19.5 Å². The number of primary amides is 1. The molecule has 1 aromatic heterocycles. The number of thiophene rings is 1.